The van der Waals surface area contributed by atoms with Gasteiger partial charge in [0.1, 0.15) is 11.3 Å². The van der Waals surface area contributed by atoms with E-state index in [1.165, 1.54) is 29.2 Å². The van der Waals surface area contributed by atoms with Crippen molar-refractivity contribution in [2.24, 2.45) is 5.73 Å². The highest BCUT2D eigenvalue weighted by atomic mass is 32.2. The SMILES string of the molecule is CCC(N)Cc1cc(F)ccc1Sc1nncs1. The standard InChI is InChI=1S/C12H14FN3S2/c1-2-10(14)6-8-5-9(13)3-4-11(8)18-12-16-15-7-17-12/h3-5,7,10H,2,6,14H2,1H3. The van der Waals surface area contributed by atoms with Crippen molar-refractivity contribution in [1.82, 2.24) is 10.2 Å². The molecule has 1 aromatic heterocycles. The Hall–Kier alpha value is -0.980. The molecule has 1 heterocycles. The van der Waals surface area contributed by atoms with E-state index in [0.29, 0.717) is 6.42 Å². The van der Waals surface area contributed by atoms with Gasteiger partial charge in [-0.1, -0.05) is 30.0 Å². The molecule has 0 aliphatic heterocycles. The average Bonchev–Trinajstić information content (AvgIpc) is 2.85. The quantitative estimate of drug-likeness (QED) is 0.916. The molecule has 2 aromatic rings. The van der Waals surface area contributed by atoms with Gasteiger partial charge in [0.25, 0.3) is 0 Å². The number of halogens is 1. The zero-order valence-corrected chi connectivity index (χ0v) is 11.6. The molecular weight excluding hydrogens is 269 g/mol. The van der Waals surface area contributed by atoms with Crippen LogP contribution in [0, 0.1) is 5.82 Å². The summed E-state index contributed by atoms with van der Waals surface area (Å²) >= 11 is 2.98. The third-order valence-corrected chi connectivity index (χ3v) is 4.46. The van der Waals surface area contributed by atoms with Crippen molar-refractivity contribution in [2.45, 2.75) is 35.0 Å². The van der Waals surface area contributed by atoms with Crippen molar-refractivity contribution >= 4 is 23.1 Å². The van der Waals surface area contributed by atoms with Gasteiger partial charge in [0.15, 0.2) is 4.34 Å². The molecule has 0 saturated carbocycles. The molecule has 0 aliphatic rings. The summed E-state index contributed by atoms with van der Waals surface area (Å²) < 4.78 is 14.2. The van der Waals surface area contributed by atoms with Crippen molar-refractivity contribution in [2.75, 3.05) is 0 Å². The molecule has 18 heavy (non-hydrogen) atoms. The lowest BCUT2D eigenvalue weighted by Gasteiger charge is -2.12. The molecule has 0 aliphatic carbocycles. The third-order valence-electron chi connectivity index (χ3n) is 2.57. The first kappa shape index (κ1) is 13.5. The summed E-state index contributed by atoms with van der Waals surface area (Å²) in [7, 11) is 0. The molecule has 0 fully saturated rings. The Labute approximate surface area is 114 Å². The van der Waals surface area contributed by atoms with Gasteiger partial charge in [0.2, 0.25) is 0 Å². The molecule has 0 radical (unpaired) electrons. The normalized spacial score (nSPS) is 12.6. The second kappa shape index (κ2) is 6.26. The minimum Gasteiger partial charge on any atom is -0.327 e. The molecule has 0 bridgehead atoms. The molecule has 0 amide bonds. The third kappa shape index (κ3) is 3.51. The Morgan fingerprint density at radius 3 is 3.00 bits per heavy atom. The molecule has 3 nitrogen and oxygen atoms in total. The van der Waals surface area contributed by atoms with Gasteiger partial charge < -0.3 is 5.73 Å². The first-order valence-corrected chi connectivity index (χ1v) is 7.36. The van der Waals surface area contributed by atoms with Crippen molar-refractivity contribution in [1.29, 1.82) is 0 Å². The summed E-state index contributed by atoms with van der Waals surface area (Å²) in [6, 6.07) is 4.85. The minimum atomic E-state index is -0.227. The Morgan fingerprint density at radius 1 is 1.50 bits per heavy atom. The average molecular weight is 283 g/mol. The fraction of sp³-hybridized carbons (Fsp3) is 0.333. The molecule has 1 unspecified atom stereocenters. The van der Waals surface area contributed by atoms with Gasteiger partial charge >= 0.3 is 0 Å². The Morgan fingerprint density at radius 2 is 2.33 bits per heavy atom. The van der Waals surface area contributed by atoms with E-state index in [0.717, 1.165) is 21.2 Å². The van der Waals surface area contributed by atoms with Gasteiger partial charge in [-0.05, 0) is 36.6 Å². The molecule has 6 heteroatoms. The van der Waals surface area contributed by atoms with Gasteiger partial charge in [-0.15, -0.1) is 10.2 Å². The van der Waals surface area contributed by atoms with Crippen LogP contribution in [0.15, 0.2) is 32.9 Å². The molecule has 0 saturated heterocycles. The van der Waals surface area contributed by atoms with Gasteiger partial charge in [0.05, 0.1) is 0 Å². The van der Waals surface area contributed by atoms with Crippen LogP contribution in [-0.2, 0) is 6.42 Å². The zero-order chi connectivity index (χ0) is 13.0. The number of aromatic nitrogens is 2. The second-order valence-electron chi connectivity index (χ2n) is 3.93. The van der Waals surface area contributed by atoms with E-state index >= 15 is 0 Å². The van der Waals surface area contributed by atoms with Crippen LogP contribution >= 0.6 is 23.1 Å². The van der Waals surface area contributed by atoms with Crippen molar-refractivity contribution in [3.05, 3.63) is 35.1 Å². The Kier molecular flexibility index (Phi) is 4.68. The summed E-state index contributed by atoms with van der Waals surface area (Å²) in [5.41, 5.74) is 8.56. The molecule has 2 rings (SSSR count). The Balaban J connectivity index is 2.22. The number of benzene rings is 1. The predicted octanol–water partition coefficient (Wildman–Crippen LogP) is 3.11. The number of rotatable bonds is 5. The van der Waals surface area contributed by atoms with E-state index in [1.807, 2.05) is 6.92 Å². The lowest BCUT2D eigenvalue weighted by atomic mass is 10.0. The molecule has 0 spiro atoms. The summed E-state index contributed by atoms with van der Waals surface area (Å²) in [6.07, 6.45) is 1.55. The summed E-state index contributed by atoms with van der Waals surface area (Å²) in [4.78, 5) is 0.997. The largest absolute Gasteiger partial charge is 0.327 e. The van der Waals surface area contributed by atoms with Crippen LogP contribution in [0.2, 0.25) is 0 Å². The lowest BCUT2D eigenvalue weighted by molar-refractivity contribution is 0.609. The number of hydrogen-bond acceptors (Lipinski definition) is 5. The first-order chi connectivity index (χ1) is 8.69. The van der Waals surface area contributed by atoms with E-state index < -0.39 is 0 Å². The van der Waals surface area contributed by atoms with Gasteiger partial charge in [-0.25, -0.2) is 4.39 Å². The van der Waals surface area contributed by atoms with Crippen molar-refractivity contribution < 1.29 is 4.39 Å². The molecule has 1 atom stereocenters. The van der Waals surface area contributed by atoms with E-state index in [9.17, 15) is 4.39 Å². The monoisotopic (exact) mass is 283 g/mol. The molecule has 2 N–H and O–H groups in total. The highest BCUT2D eigenvalue weighted by Gasteiger charge is 2.11. The number of nitrogens with zero attached hydrogens (tertiary/aromatic N) is 2. The molecular formula is C12H14FN3S2. The molecule has 96 valence electrons. The van der Waals surface area contributed by atoms with Crippen LogP contribution in [0.3, 0.4) is 0 Å². The number of hydrogen-bond donors (Lipinski definition) is 1. The topological polar surface area (TPSA) is 51.8 Å². The summed E-state index contributed by atoms with van der Waals surface area (Å²) in [5, 5.41) is 7.77. The maximum absolute atomic E-state index is 13.3. The highest BCUT2D eigenvalue weighted by Crippen LogP contribution is 2.32. The fourth-order valence-corrected chi connectivity index (χ4v) is 3.09. The second-order valence-corrected chi connectivity index (χ2v) is 6.05. The highest BCUT2D eigenvalue weighted by molar-refractivity contribution is 8.01. The van der Waals surface area contributed by atoms with Gasteiger partial charge in [-0.3, -0.25) is 0 Å². The van der Waals surface area contributed by atoms with Gasteiger partial charge in [0, 0.05) is 10.9 Å². The molecule has 1 aromatic carbocycles. The Bertz CT molecular complexity index is 502. The van der Waals surface area contributed by atoms with E-state index in [2.05, 4.69) is 10.2 Å². The maximum atomic E-state index is 13.3. The summed E-state index contributed by atoms with van der Waals surface area (Å²) in [6.45, 7) is 2.03. The zero-order valence-electron chi connectivity index (χ0n) is 9.97. The van der Waals surface area contributed by atoms with Crippen LogP contribution in [0.4, 0.5) is 4.39 Å². The minimum absolute atomic E-state index is 0.0561. The fourth-order valence-electron chi connectivity index (χ4n) is 1.54. The van der Waals surface area contributed by atoms with Crippen LogP contribution in [0.1, 0.15) is 18.9 Å². The van der Waals surface area contributed by atoms with Crippen LogP contribution in [-0.4, -0.2) is 16.2 Å². The predicted molar refractivity (Wildman–Crippen MR) is 72.4 cm³/mol. The van der Waals surface area contributed by atoms with Crippen LogP contribution in [0.5, 0.6) is 0 Å². The van der Waals surface area contributed by atoms with Crippen LogP contribution in [0.25, 0.3) is 0 Å². The lowest BCUT2D eigenvalue weighted by Crippen LogP contribution is -2.21. The smallest absolute Gasteiger partial charge is 0.178 e. The van der Waals surface area contributed by atoms with E-state index in [1.54, 1.807) is 17.6 Å². The van der Waals surface area contributed by atoms with Crippen molar-refractivity contribution in [3.63, 3.8) is 0 Å². The number of nitrogens with two attached hydrogens (primary N) is 1. The van der Waals surface area contributed by atoms with Crippen LogP contribution < -0.4 is 5.73 Å². The first-order valence-electron chi connectivity index (χ1n) is 5.67. The van der Waals surface area contributed by atoms with Crippen molar-refractivity contribution in [3.8, 4) is 0 Å². The van der Waals surface area contributed by atoms with E-state index in [4.69, 9.17) is 5.73 Å². The van der Waals surface area contributed by atoms with Gasteiger partial charge in [-0.2, -0.15) is 0 Å². The maximum Gasteiger partial charge on any atom is 0.178 e. The summed E-state index contributed by atoms with van der Waals surface area (Å²) in [5.74, 6) is -0.227. The van der Waals surface area contributed by atoms with E-state index in [-0.39, 0.29) is 11.9 Å².